The van der Waals surface area contributed by atoms with Gasteiger partial charge in [-0.2, -0.15) is 0 Å². The van der Waals surface area contributed by atoms with Crippen molar-refractivity contribution in [1.29, 1.82) is 0 Å². The van der Waals surface area contributed by atoms with Gasteiger partial charge in [0.25, 0.3) is 0 Å². The summed E-state index contributed by atoms with van der Waals surface area (Å²) in [5, 5.41) is 21.3. The topological polar surface area (TPSA) is 101 Å². The number of rotatable bonds is 1. The molecule has 5 aliphatic rings. The summed E-state index contributed by atoms with van der Waals surface area (Å²) in [7, 11) is 1.30. The molecule has 5 rings (SSSR count). The van der Waals surface area contributed by atoms with E-state index >= 15 is 0 Å². The van der Waals surface area contributed by atoms with E-state index in [-0.39, 0.29) is 23.2 Å². The number of ketones is 2. The van der Waals surface area contributed by atoms with Crippen molar-refractivity contribution < 1.29 is 29.3 Å². The van der Waals surface area contributed by atoms with Gasteiger partial charge >= 0.3 is 5.97 Å². The minimum Gasteiger partial charge on any atom is -0.504 e. The third-order valence-electron chi connectivity index (χ3n) is 10.4. The number of carbonyl (C=O) groups is 3. The fourth-order valence-electron chi connectivity index (χ4n) is 8.34. The van der Waals surface area contributed by atoms with Gasteiger partial charge in [-0.3, -0.25) is 14.4 Å². The Morgan fingerprint density at radius 2 is 1.69 bits per heavy atom. The summed E-state index contributed by atoms with van der Waals surface area (Å²) in [6, 6.07) is 0. The van der Waals surface area contributed by atoms with Crippen LogP contribution in [0.1, 0.15) is 67.2 Å². The average molecular weight is 493 g/mol. The molecule has 0 unspecified atom stereocenters. The molecular weight excluding hydrogens is 456 g/mol. The van der Waals surface area contributed by atoms with Crippen molar-refractivity contribution in [3.63, 3.8) is 0 Å². The Balaban J connectivity index is 1.70. The molecule has 0 aromatic heterocycles. The molecule has 0 aliphatic heterocycles. The summed E-state index contributed by atoms with van der Waals surface area (Å²) in [5.41, 5.74) is 3.00. The molecule has 0 aromatic rings. The van der Waals surface area contributed by atoms with Crippen LogP contribution in [0.3, 0.4) is 0 Å². The van der Waals surface area contributed by atoms with Crippen LogP contribution < -0.4 is 0 Å². The summed E-state index contributed by atoms with van der Waals surface area (Å²) in [6.45, 7) is 11.8. The van der Waals surface area contributed by atoms with E-state index in [4.69, 9.17) is 4.74 Å². The standard InChI is InChI=1S/C30H36O6/c1-15-13-29(5)21(14-30(6,26(35)36-7)25(34)24(29)33)28(4)11-10-27(3)18(22(15)28)9-8-17-16(2)23(32)20(31)12-19(17)27/h8-9,12,21,25,32,34H,10-11,13-14H2,1-7H3/t21-,25+,27+,28-,29+,30-/m0/s1. The molecule has 36 heavy (non-hydrogen) atoms. The minimum absolute atomic E-state index is 0.160. The van der Waals surface area contributed by atoms with Crippen molar-refractivity contribution in [3.8, 4) is 0 Å². The normalized spacial score (nSPS) is 41.9. The first-order valence-electron chi connectivity index (χ1n) is 12.8. The van der Waals surface area contributed by atoms with Crippen molar-refractivity contribution in [2.45, 2.75) is 73.3 Å². The van der Waals surface area contributed by atoms with Gasteiger partial charge in [0, 0.05) is 16.4 Å². The highest BCUT2D eigenvalue weighted by Gasteiger charge is 2.67. The molecule has 0 heterocycles. The van der Waals surface area contributed by atoms with Gasteiger partial charge in [-0.15, -0.1) is 0 Å². The van der Waals surface area contributed by atoms with E-state index in [1.165, 1.54) is 12.7 Å². The van der Waals surface area contributed by atoms with E-state index < -0.39 is 33.7 Å². The zero-order valence-electron chi connectivity index (χ0n) is 22.2. The van der Waals surface area contributed by atoms with E-state index in [0.717, 1.165) is 35.1 Å². The lowest BCUT2D eigenvalue weighted by Crippen LogP contribution is -2.64. The molecule has 6 heteroatoms. The SMILES string of the molecule is COC(=O)[C@@]1(C)C[C@@H]2[C@@](C)(CC(C)=C3C4=CC=C5C(=CC(=O)C(O)=C5C)[C@]4(C)CC[C@]32C)C(=O)[C@H]1O. The molecule has 2 fully saturated rings. The molecule has 6 atom stereocenters. The first kappa shape index (κ1) is 24.9. The molecule has 0 bridgehead atoms. The van der Waals surface area contributed by atoms with Crippen molar-refractivity contribution >= 4 is 17.5 Å². The maximum atomic E-state index is 13.7. The van der Waals surface area contributed by atoms with Gasteiger partial charge in [-0.05, 0) is 86.2 Å². The van der Waals surface area contributed by atoms with Gasteiger partial charge < -0.3 is 14.9 Å². The van der Waals surface area contributed by atoms with Gasteiger partial charge in [0.15, 0.2) is 11.5 Å². The van der Waals surface area contributed by atoms with Crippen LogP contribution in [-0.4, -0.2) is 41.0 Å². The van der Waals surface area contributed by atoms with Gasteiger partial charge in [0.2, 0.25) is 5.78 Å². The Bertz CT molecular complexity index is 1290. The number of esters is 1. The predicted octanol–water partition coefficient (Wildman–Crippen LogP) is 4.86. The fourth-order valence-corrected chi connectivity index (χ4v) is 8.34. The third-order valence-corrected chi connectivity index (χ3v) is 10.4. The fraction of sp³-hybridized carbons (Fsp3) is 0.567. The zero-order valence-corrected chi connectivity index (χ0v) is 22.2. The number of fused-ring (bicyclic) bond motifs is 7. The number of Topliss-reactive ketones (excluding diaryl/α,β-unsaturated/α-hetero) is 1. The first-order valence-corrected chi connectivity index (χ1v) is 12.8. The Morgan fingerprint density at radius 1 is 1.03 bits per heavy atom. The third kappa shape index (κ3) is 2.79. The maximum Gasteiger partial charge on any atom is 0.314 e. The number of ether oxygens (including phenoxy) is 1. The van der Waals surface area contributed by atoms with Gasteiger partial charge in [-0.25, -0.2) is 0 Å². The number of hydrogen-bond acceptors (Lipinski definition) is 6. The molecule has 5 aliphatic carbocycles. The Labute approximate surface area is 212 Å². The van der Waals surface area contributed by atoms with Crippen molar-refractivity contribution in [3.05, 3.63) is 57.4 Å². The maximum absolute atomic E-state index is 13.7. The molecular formula is C30H36O6. The molecule has 2 saturated carbocycles. The molecule has 2 N–H and O–H groups in total. The molecule has 6 nitrogen and oxygen atoms in total. The second kappa shape index (κ2) is 7.41. The summed E-state index contributed by atoms with van der Waals surface area (Å²) >= 11 is 0. The van der Waals surface area contributed by atoms with E-state index in [9.17, 15) is 24.6 Å². The monoisotopic (exact) mass is 492 g/mol. The lowest BCUT2D eigenvalue weighted by Gasteiger charge is -2.63. The Kier molecular flexibility index (Phi) is 5.13. The summed E-state index contributed by atoms with van der Waals surface area (Å²) in [4.78, 5) is 39.2. The molecule has 192 valence electrons. The van der Waals surface area contributed by atoms with Gasteiger partial charge in [0.1, 0.15) is 6.10 Å². The molecule has 0 amide bonds. The van der Waals surface area contributed by atoms with E-state index in [2.05, 4.69) is 26.8 Å². The Hall–Kier alpha value is -2.73. The quantitative estimate of drug-likeness (QED) is 0.507. The van der Waals surface area contributed by atoms with Crippen LogP contribution in [0.2, 0.25) is 0 Å². The number of aliphatic hydroxyl groups excluding tert-OH is 2. The highest BCUT2D eigenvalue weighted by atomic mass is 16.5. The van der Waals surface area contributed by atoms with Gasteiger partial charge in [-0.1, -0.05) is 38.5 Å². The molecule has 0 spiro atoms. The number of allylic oxidation sites excluding steroid dienone is 9. The smallest absolute Gasteiger partial charge is 0.314 e. The summed E-state index contributed by atoms with van der Waals surface area (Å²) in [5.74, 6) is -1.56. The number of carbonyl (C=O) groups excluding carboxylic acids is 3. The lowest BCUT2D eigenvalue weighted by atomic mass is 9.40. The van der Waals surface area contributed by atoms with E-state index in [1.54, 1.807) is 19.9 Å². The van der Waals surface area contributed by atoms with Crippen LogP contribution in [0.15, 0.2) is 57.4 Å². The second-order valence-electron chi connectivity index (χ2n) is 12.5. The summed E-state index contributed by atoms with van der Waals surface area (Å²) in [6.07, 6.45) is 6.69. The molecule has 0 saturated heterocycles. The van der Waals surface area contributed by atoms with Gasteiger partial charge in [0.05, 0.1) is 12.5 Å². The van der Waals surface area contributed by atoms with Crippen LogP contribution in [-0.2, 0) is 19.1 Å². The minimum atomic E-state index is -1.40. The van der Waals surface area contributed by atoms with E-state index in [1.807, 2.05) is 13.0 Å². The summed E-state index contributed by atoms with van der Waals surface area (Å²) < 4.78 is 5.06. The van der Waals surface area contributed by atoms with E-state index in [0.29, 0.717) is 18.4 Å². The number of hydrogen-bond donors (Lipinski definition) is 2. The van der Waals surface area contributed by atoms with Crippen LogP contribution >= 0.6 is 0 Å². The lowest BCUT2D eigenvalue weighted by molar-refractivity contribution is -0.184. The van der Waals surface area contributed by atoms with Crippen LogP contribution in [0.5, 0.6) is 0 Å². The number of aliphatic hydroxyl groups is 2. The highest BCUT2D eigenvalue weighted by Crippen LogP contribution is 2.70. The highest BCUT2D eigenvalue weighted by molar-refractivity contribution is 6.06. The predicted molar refractivity (Wildman–Crippen MR) is 135 cm³/mol. The average Bonchev–Trinajstić information content (AvgIpc) is 2.83. The second-order valence-corrected chi connectivity index (χ2v) is 12.5. The van der Waals surface area contributed by atoms with Crippen LogP contribution in [0.4, 0.5) is 0 Å². The van der Waals surface area contributed by atoms with Crippen LogP contribution in [0.25, 0.3) is 0 Å². The number of methoxy groups -OCH3 is 1. The molecule has 0 aromatic carbocycles. The van der Waals surface area contributed by atoms with Crippen molar-refractivity contribution in [2.75, 3.05) is 7.11 Å². The van der Waals surface area contributed by atoms with Crippen molar-refractivity contribution in [2.24, 2.45) is 27.6 Å². The Morgan fingerprint density at radius 3 is 2.33 bits per heavy atom. The van der Waals surface area contributed by atoms with Crippen LogP contribution in [0, 0.1) is 27.6 Å². The first-order chi connectivity index (χ1) is 16.7. The van der Waals surface area contributed by atoms with Crippen molar-refractivity contribution in [1.82, 2.24) is 0 Å². The molecule has 0 radical (unpaired) electrons. The largest absolute Gasteiger partial charge is 0.504 e. The zero-order chi connectivity index (χ0) is 26.6.